The first-order valence-corrected chi connectivity index (χ1v) is 7.07. The van der Waals surface area contributed by atoms with Crippen LogP contribution >= 0.6 is 0 Å². The number of carbonyl (C=O) groups excluding carboxylic acids is 1. The van der Waals surface area contributed by atoms with Crippen molar-refractivity contribution in [2.24, 2.45) is 7.05 Å². The third-order valence-corrected chi connectivity index (χ3v) is 4.15. The van der Waals surface area contributed by atoms with Gasteiger partial charge < -0.3 is 9.30 Å². The Morgan fingerprint density at radius 2 is 2.09 bits per heavy atom. The molecule has 0 spiro atoms. The SMILES string of the molecule is COc1ccc2c(c1)C(=O)N(c1cc3ccn(C)c3cn1)C2. The Labute approximate surface area is 127 Å². The van der Waals surface area contributed by atoms with Crippen LogP contribution < -0.4 is 9.64 Å². The Kier molecular flexibility index (Phi) is 2.69. The standard InChI is InChI=1S/C17H15N3O2/c1-19-6-5-11-7-16(18-9-15(11)19)20-10-12-3-4-13(22-2)8-14(12)17(20)21/h3-9H,10H2,1-2H3. The van der Waals surface area contributed by atoms with Gasteiger partial charge in [0.1, 0.15) is 11.6 Å². The minimum absolute atomic E-state index is 0.0309. The molecule has 1 aliphatic heterocycles. The average Bonchev–Trinajstić information content (AvgIpc) is 3.08. The smallest absolute Gasteiger partial charge is 0.260 e. The van der Waals surface area contributed by atoms with E-state index in [0.29, 0.717) is 23.7 Å². The number of benzene rings is 1. The molecule has 0 unspecified atom stereocenters. The molecule has 0 atom stereocenters. The fraction of sp³-hybridized carbons (Fsp3) is 0.176. The van der Waals surface area contributed by atoms with E-state index in [9.17, 15) is 4.79 Å². The van der Waals surface area contributed by atoms with Crippen molar-refractivity contribution in [3.8, 4) is 5.75 Å². The minimum Gasteiger partial charge on any atom is -0.497 e. The van der Waals surface area contributed by atoms with Crippen LogP contribution in [0.25, 0.3) is 10.9 Å². The van der Waals surface area contributed by atoms with E-state index >= 15 is 0 Å². The van der Waals surface area contributed by atoms with Crippen LogP contribution in [0, 0.1) is 0 Å². The van der Waals surface area contributed by atoms with Gasteiger partial charge in [-0.05, 0) is 29.8 Å². The molecule has 1 aromatic carbocycles. The van der Waals surface area contributed by atoms with Crippen molar-refractivity contribution in [2.45, 2.75) is 6.54 Å². The molecule has 5 heteroatoms. The monoisotopic (exact) mass is 293 g/mol. The summed E-state index contributed by atoms with van der Waals surface area (Å²) in [5.74, 6) is 1.34. The highest BCUT2D eigenvalue weighted by Gasteiger charge is 2.29. The van der Waals surface area contributed by atoms with Crippen LogP contribution in [-0.4, -0.2) is 22.6 Å². The lowest BCUT2D eigenvalue weighted by atomic mass is 10.1. The van der Waals surface area contributed by atoms with Gasteiger partial charge in [-0.15, -0.1) is 0 Å². The van der Waals surface area contributed by atoms with Gasteiger partial charge in [-0.25, -0.2) is 4.98 Å². The quantitative estimate of drug-likeness (QED) is 0.730. The van der Waals surface area contributed by atoms with Crippen LogP contribution in [0.4, 0.5) is 5.82 Å². The second kappa shape index (κ2) is 4.59. The van der Waals surface area contributed by atoms with Crippen molar-refractivity contribution in [3.63, 3.8) is 0 Å². The number of anilines is 1. The number of carbonyl (C=O) groups is 1. The zero-order valence-corrected chi connectivity index (χ0v) is 12.4. The molecule has 110 valence electrons. The number of ether oxygens (including phenoxy) is 1. The third-order valence-electron chi connectivity index (χ3n) is 4.15. The van der Waals surface area contributed by atoms with Gasteiger partial charge >= 0.3 is 0 Å². The predicted octanol–water partition coefficient (Wildman–Crippen LogP) is 2.74. The Morgan fingerprint density at radius 3 is 2.91 bits per heavy atom. The van der Waals surface area contributed by atoms with Crippen molar-refractivity contribution in [2.75, 3.05) is 12.0 Å². The molecule has 0 N–H and O–H groups in total. The molecular weight excluding hydrogens is 278 g/mol. The van der Waals surface area contributed by atoms with Crippen LogP contribution in [0.1, 0.15) is 15.9 Å². The first kappa shape index (κ1) is 12.9. The van der Waals surface area contributed by atoms with Crippen molar-refractivity contribution in [1.82, 2.24) is 9.55 Å². The van der Waals surface area contributed by atoms with Crippen molar-refractivity contribution in [3.05, 3.63) is 53.9 Å². The van der Waals surface area contributed by atoms with E-state index in [-0.39, 0.29) is 5.91 Å². The molecule has 4 rings (SSSR count). The summed E-state index contributed by atoms with van der Waals surface area (Å²) in [7, 11) is 3.58. The third kappa shape index (κ3) is 1.79. The highest BCUT2D eigenvalue weighted by molar-refractivity contribution is 6.10. The molecule has 0 aliphatic carbocycles. The van der Waals surface area contributed by atoms with E-state index in [2.05, 4.69) is 4.98 Å². The molecule has 0 saturated carbocycles. The normalized spacial score (nSPS) is 13.7. The number of methoxy groups -OCH3 is 1. The van der Waals surface area contributed by atoms with E-state index in [1.807, 2.05) is 48.3 Å². The van der Waals surface area contributed by atoms with Gasteiger partial charge in [0.2, 0.25) is 0 Å². The maximum Gasteiger partial charge on any atom is 0.260 e. The molecule has 3 heterocycles. The summed E-state index contributed by atoms with van der Waals surface area (Å²) in [6.07, 6.45) is 3.79. The lowest BCUT2D eigenvalue weighted by molar-refractivity contribution is 0.0995. The van der Waals surface area contributed by atoms with Gasteiger partial charge in [-0.2, -0.15) is 0 Å². The number of nitrogens with zero attached hydrogens (tertiary/aromatic N) is 3. The summed E-state index contributed by atoms with van der Waals surface area (Å²) in [6.45, 7) is 0.545. The molecule has 22 heavy (non-hydrogen) atoms. The van der Waals surface area contributed by atoms with Crippen LogP contribution in [0.15, 0.2) is 42.7 Å². The largest absolute Gasteiger partial charge is 0.497 e. The number of hydrogen-bond acceptors (Lipinski definition) is 3. The van der Waals surface area contributed by atoms with E-state index in [1.165, 1.54) is 0 Å². The minimum atomic E-state index is -0.0309. The zero-order chi connectivity index (χ0) is 15.3. The Morgan fingerprint density at radius 1 is 1.23 bits per heavy atom. The molecule has 0 radical (unpaired) electrons. The van der Waals surface area contributed by atoms with Gasteiger partial charge in [0.25, 0.3) is 5.91 Å². The number of rotatable bonds is 2. The molecule has 1 aliphatic rings. The molecule has 1 amide bonds. The number of amides is 1. The molecule has 0 saturated heterocycles. The van der Waals surface area contributed by atoms with Crippen LogP contribution in [0.3, 0.4) is 0 Å². The van der Waals surface area contributed by atoms with Crippen molar-refractivity contribution < 1.29 is 9.53 Å². The first-order valence-electron chi connectivity index (χ1n) is 7.07. The van der Waals surface area contributed by atoms with E-state index in [0.717, 1.165) is 16.5 Å². The van der Waals surface area contributed by atoms with E-state index in [4.69, 9.17) is 4.74 Å². The number of aryl methyl sites for hydroxylation is 1. The fourth-order valence-electron chi connectivity index (χ4n) is 2.89. The molecule has 0 fully saturated rings. The summed E-state index contributed by atoms with van der Waals surface area (Å²) >= 11 is 0. The number of hydrogen-bond donors (Lipinski definition) is 0. The van der Waals surface area contributed by atoms with Gasteiger partial charge in [0.15, 0.2) is 0 Å². The molecule has 3 aromatic rings. The van der Waals surface area contributed by atoms with Gasteiger partial charge in [-0.3, -0.25) is 9.69 Å². The average molecular weight is 293 g/mol. The first-order chi connectivity index (χ1) is 10.7. The van der Waals surface area contributed by atoms with Gasteiger partial charge in [0, 0.05) is 24.2 Å². The summed E-state index contributed by atoms with van der Waals surface area (Å²) in [5, 5.41) is 1.08. The van der Waals surface area contributed by atoms with Crippen LogP contribution in [-0.2, 0) is 13.6 Å². The van der Waals surface area contributed by atoms with Crippen LogP contribution in [0.5, 0.6) is 5.75 Å². The predicted molar refractivity (Wildman–Crippen MR) is 84.2 cm³/mol. The Bertz CT molecular complexity index is 898. The molecular formula is C17H15N3O2. The summed E-state index contributed by atoms with van der Waals surface area (Å²) in [4.78, 5) is 18.8. The number of pyridine rings is 1. The summed E-state index contributed by atoms with van der Waals surface area (Å²) in [5.41, 5.74) is 2.74. The van der Waals surface area contributed by atoms with Gasteiger partial charge in [-0.1, -0.05) is 6.07 Å². The van der Waals surface area contributed by atoms with E-state index in [1.54, 1.807) is 18.1 Å². The topological polar surface area (TPSA) is 47.4 Å². The second-order valence-electron chi connectivity index (χ2n) is 5.44. The maximum atomic E-state index is 12.6. The van der Waals surface area contributed by atoms with Crippen LogP contribution in [0.2, 0.25) is 0 Å². The number of fused-ring (bicyclic) bond motifs is 2. The van der Waals surface area contributed by atoms with E-state index < -0.39 is 0 Å². The van der Waals surface area contributed by atoms with Crippen molar-refractivity contribution in [1.29, 1.82) is 0 Å². The highest BCUT2D eigenvalue weighted by Crippen LogP contribution is 2.31. The highest BCUT2D eigenvalue weighted by atomic mass is 16.5. The van der Waals surface area contributed by atoms with Gasteiger partial charge in [0.05, 0.1) is 25.4 Å². The number of aromatic nitrogens is 2. The zero-order valence-electron chi connectivity index (χ0n) is 12.4. The summed E-state index contributed by atoms with van der Waals surface area (Å²) < 4.78 is 7.21. The summed E-state index contributed by atoms with van der Waals surface area (Å²) in [6, 6.07) is 9.59. The molecule has 2 aromatic heterocycles. The Hall–Kier alpha value is -2.82. The lowest BCUT2D eigenvalue weighted by Crippen LogP contribution is -2.23. The molecule has 5 nitrogen and oxygen atoms in total. The van der Waals surface area contributed by atoms with Crippen molar-refractivity contribution >= 4 is 22.6 Å². The Balaban J connectivity index is 1.75. The lowest BCUT2D eigenvalue weighted by Gasteiger charge is -2.14. The fourth-order valence-corrected chi connectivity index (χ4v) is 2.89. The maximum absolute atomic E-state index is 12.6. The molecule has 0 bridgehead atoms. The second-order valence-corrected chi connectivity index (χ2v) is 5.44.